The van der Waals surface area contributed by atoms with Crippen LogP contribution in [0.1, 0.15) is 85.4 Å². The molecule has 0 saturated heterocycles. The van der Waals surface area contributed by atoms with E-state index in [4.69, 9.17) is 23.5 Å². The van der Waals surface area contributed by atoms with Gasteiger partial charge in [0.25, 0.3) is 0 Å². The number of ether oxygens (including phenoxy) is 1. The van der Waals surface area contributed by atoms with Crippen LogP contribution in [0.2, 0.25) is 0 Å². The minimum atomic E-state index is -1.16. The first-order chi connectivity index (χ1) is 25.1. The number of para-hydroxylation sites is 1. The SMILES string of the molecule is CC(C)[C@H](O)C(=O)CC1Cc2ccc3c(c2)C24c5cccc(c5N[C@H]2O3)-c2cccc3c2C(=CC3)c2cnc(o2)-c2nc(oc24)[C@H](C(C)C)NC1=O. The van der Waals surface area contributed by atoms with Gasteiger partial charge in [0.1, 0.15) is 23.3 Å². The number of aliphatic hydroxyl groups is 1. The monoisotopic (exact) mass is 694 g/mol. The first-order valence-electron chi connectivity index (χ1n) is 18.1. The Labute approximate surface area is 300 Å². The fourth-order valence-electron chi connectivity index (χ4n) is 8.95. The first-order valence-corrected chi connectivity index (χ1v) is 18.1. The molecule has 0 radical (unpaired) electrons. The van der Waals surface area contributed by atoms with Crippen molar-refractivity contribution < 1.29 is 28.3 Å². The molecule has 4 aliphatic heterocycles. The molecule has 1 spiro atoms. The van der Waals surface area contributed by atoms with Crippen LogP contribution in [0.4, 0.5) is 5.69 Å². The maximum atomic E-state index is 14.2. The highest BCUT2D eigenvalue weighted by molar-refractivity contribution is 5.97. The number of amides is 1. The molecular weight excluding hydrogens is 656 g/mol. The first kappa shape index (κ1) is 31.3. The van der Waals surface area contributed by atoms with Crippen molar-refractivity contribution in [3.63, 3.8) is 0 Å². The van der Waals surface area contributed by atoms with Crippen molar-refractivity contribution in [2.24, 2.45) is 17.8 Å². The molecule has 5 aromatic rings. The summed E-state index contributed by atoms with van der Waals surface area (Å²) in [5.74, 6) is 0.639. The molecule has 10 heteroatoms. The van der Waals surface area contributed by atoms with Crippen LogP contribution in [-0.4, -0.2) is 39.1 Å². The summed E-state index contributed by atoms with van der Waals surface area (Å²) >= 11 is 0. The average molecular weight is 695 g/mol. The maximum Gasteiger partial charge on any atom is 0.249 e. The molecule has 52 heavy (non-hydrogen) atoms. The fourth-order valence-corrected chi connectivity index (χ4v) is 8.95. The number of hydrogen-bond acceptors (Lipinski definition) is 9. The Morgan fingerprint density at radius 1 is 1.02 bits per heavy atom. The standard InChI is InChI=1S/C42H38N4O6/c1-19(2)33-40-45-35-37(52-40)42-27-10-6-9-25(24-8-5-7-22-12-13-26(32(22)24)31-18-43-39(35)50-31)34(27)46-41(42)51-30-14-11-21(16-28(30)42)15-23(38(49)44-33)17-29(47)36(48)20(3)4/h5-11,13-14,16,18-20,23,33,36,41,46,48H,12,15,17H2,1-4H3,(H,44,49)/t23?,33-,36-,41-,42?/m0/s1. The molecular formula is C42H38N4O6. The number of nitrogens with one attached hydrogen (secondary N) is 2. The Bertz CT molecular complexity index is 2380. The van der Waals surface area contributed by atoms with Gasteiger partial charge in [-0.2, -0.15) is 0 Å². The summed E-state index contributed by atoms with van der Waals surface area (Å²) in [6, 6.07) is 18.1. The van der Waals surface area contributed by atoms with Gasteiger partial charge in [-0.05, 0) is 53.0 Å². The van der Waals surface area contributed by atoms with E-state index < -0.39 is 29.7 Å². The number of oxazole rings is 2. The van der Waals surface area contributed by atoms with E-state index in [2.05, 4.69) is 59.2 Å². The number of carbonyl (C=O) groups is 2. The number of allylic oxidation sites excluding steroid dienone is 1. The van der Waals surface area contributed by atoms with Gasteiger partial charge >= 0.3 is 0 Å². The number of hydrogen-bond donors (Lipinski definition) is 3. The predicted molar refractivity (Wildman–Crippen MR) is 192 cm³/mol. The zero-order valence-electron chi connectivity index (χ0n) is 29.3. The fraction of sp³-hybridized carbons (Fsp3) is 0.333. The number of aliphatic hydroxyl groups excluding tert-OH is 1. The second-order valence-electron chi connectivity index (χ2n) is 15.4. The van der Waals surface area contributed by atoms with Gasteiger partial charge in [0.05, 0.1) is 6.20 Å². The Kier molecular flexibility index (Phi) is 6.62. The van der Waals surface area contributed by atoms with Gasteiger partial charge in [0.2, 0.25) is 17.7 Å². The van der Waals surface area contributed by atoms with Crippen LogP contribution >= 0.6 is 0 Å². The average Bonchev–Trinajstić information content (AvgIpc) is 3.95. The molecule has 262 valence electrons. The van der Waals surface area contributed by atoms with Gasteiger partial charge in [-0.1, -0.05) is 82.3 Å². The Hall–Kier alpha value is -5.48. The number of carbonyl (C=O) groups excluding carboxylic acids is 2. The van der Waals surface area contributed by atoms with Gasteiger partial charge in [-0.25, -0.2) is 9.97 Å². The molecule has 3 N–H and O–H groups in total. The summed E-state index contributed by atoms with van der Waals surface area (Å²) in [5.41, 5.74) is 8.48. The van der Waals surface area contributed by atoms with Crippen molar-refractivity contribution in [2.45, 2.75) is 70.7 Å². The van der Waals surface area contributed by atoms with Crippen LogP contribution in [0.3, 0.4) is 0 Å². The molecule has 2 aromatic heterocycles. The molecule has 0 saturated carbocycles. The summed E-state index contributed by atoms with van der Waals surface area (Å²) in [7, 11) is 0. The molecule has 1 amide bonds. The lowest BCUT2D eigenvalue weighted by molar-refractivity contribution is -0.135. The van der Waals surface area contributed by atoms with Crippen molar-refractivity contribution in [3.8, 4) is 28.5 Å². The quantitative estimate of drug-likeness (QED) is 0.183. The number of fused-ring (bicyclic) bond motifs is 7. The van der Waals surface area contributed by atoms with Gasteiger partial charge < -0.3 is 29.3 Å². The normalized spacial score (nSPS) is 23.5. The van der Waals surface area contributed by atoms with Crippen LogP contribution in [0.25, 0.3) is 28.3 Å². The number of ketones is 1. The number of anilines is 1. The Morgan fingerprint density at radius 3 is 2.67 bits per heavy atom. The minimum Gasteiger partial charge on any atom is -0.469 e. The smallest absolute Gasteiger partial charge is 0.249 e. The number of rotatable bonds is 5. The molecule has 10 rings (SSSR count). The minimum absolute atomic E-state index is 0.108. The summed E-state index contributed by atoms with van der Waals surface area (Å²) in [5, 5.41) is 17.7. The third kappa shape index (κ3) is 4.21. The number of Topliss-reactive ketones (excluding diaryl/α,β-unsaturated/α-hetero) is 1. The highest BCUT2D eigenvalue weighted by Gasteiger charge is 2.61. The van der Waals surface area contributed by atoms with Crippen molar-refractivity contribution >= 4 is 23.0 Å². The van der Waals surface area contributed by atoms with Crippen molar-refractivity contribution in [1.82, 2.24) is 15.3 Å². The lowest BCUT2D eigenvalue weighted by Crippen LogP contribution is -2.41. The number of benzene rings is 3. The number of aromatic nitrogens is 2. The second-order valence-corrected chi connectivity index (χ2v) is 15.4. The molecule has 3 aromatic carbocycles. The Balaban J connectivity index is 1.27. The van der Waals surface area contributed by atoms with Crippen LogP contribution in [0, 0.1) is 17.8 Å². The van der Waals surface area contributed by atoms with Crippen LogP contribution in [0.5, 0.6) is 5.75 Å². The molecule has 5 aliphatic rings. The molecule has 10 nitrogen and oxygen atoms in total. The van der Waals surface area contributed by atoms with E-state index >= 15 is 0 Å². The van der Waals surface area contributed by atoms with Gasteiger partial charge in [0.15, 0.2) is 29.2 Å². The molecule has 6 heterocycles. The van der Waals surface area contributed by atoms with Crippen LogP contribution in [0.15, 0.2) is 75.7 Å². The Morgan fingerprint density at radius 2 is 1.85 bits per heavy atom. The largest absolute Gasteiger partial charge is 0.469 e. The van der Waals surface area contributed by atoms with E-state index in [1.165, 1.54) is 5.56 Å². The van der Waals surface area contributed by atoms with E-state index in [-0.39, 0.29) is 36.4 Å². The zero-order valence-corrected chi connectivity index (χ0v) is 29.3. The predicted octanol–water partition coefficient (Wildman–Crippen LogP) is 6.74. The third-order valence-electron chi connectivity index (χ3n) is 11.6. The maximum absolute atomic E-state index is 14.2. The lowest BCUT2D eigenvalue weighted by Gasteiger charge is -2.28. The third-order valence-corrected chi connectivity index (χ3v) is 11.6. The molecule has 1 aliphatic carbocycles. The van der Waals surface area contributed by atoms with Gasteiger partial charge in [-0.15, -0.1) is 0 Å². The second kappa shape index (κ2) is 11.0. The van der Waals surface area contributed by atoms with Crippen molar-refractivity contribution in [1.29, 1.82) is 0 Å². The molecule has 2 unspecified atom stereocenters. The van der Waals surface area contributed by atoms with Crippen LogP contribution in [-0.2, 0) is 27.8 Å². The van der Waals surface area contributed by atoms with E-state index in [9.17, 15) is 14.7 Å². The molecule has 10 bridgehead atoms. The zero-order chi connectivity index (χ0) is 35.6. The molecule has 5 atom stereocenters. The summed E-state index contributed by atoms with van der Waals surface area (Å²) in [6.45, 7) is 7.58. The summed E-state index contributed by atoms with van der Waals surface area (Å²) in [6.07, 6.45) is 3.14. The highest BCUT2D eigenvalue weighted by atomic mass is 16.5. The van der Waals surface area contributed by atoms with E-state index in [0.717, 1.165) is 51.1 Å². The van der Waals surface area contributed by atoms with Crippen molar-refractivity contribution in [2.75, 3.05) is 5.32 Å². The van der Waals surface area contributed by atoms with Crippen molar-refractivity contribution in [3.05, 3.63) is 112 Å². The van der Waals surface area contributed by atoms with E-state index in [0.29, 0.717) is 34.7 Å². The topological polar surface area (TPSA) is 140 Å². The number of nitrogens with zero attached hydrogens (tertiary/aromatic N) is 2. The molecule has 0 fully saturated rings. The van der Waals surface area contributed by atoms with Gasteiger partial charge in [0, 0.05) is 40.3 Å². The van der Waals surface area contributed by atoms with E-state index in [1.54, 1.807) is 20.0 Å². The summed E-state index contributed by atoms with van der Waals surface area (Å²) < 4.78 is 20.5. The summed E-state index contributed by atoms with van der Waals surface area (Å²) in [4.78, 5) is 37.5. The van der Waals surface area contributed by atoms with Crippen LogP contribution < -0.4 is 15.4 Å². The van der Waals surface area contributed by atoms with Gasteiger partial charge in [-0.3, -0.25) is 9.59 Å². The lowest BCUT2D eigenvalue weighted by atomic mass is 9.71. The van der Waals surface area contributed by atoms with E-state index in [1.807, 2.05) is 26.0 Å². The highest BCUT2D eigenvalue weighted by Crippen LogP contribution is 2.61.